The lowest BCUT2D eigenvalue weighted by molar-refractivity contribution is -0.125. The van der Waals surface area contributed by atoms with Crippen molar-refractivity contribution in [3.05, 3.63) is 90.0 Å². The van der Waals surface area contributed by atoms with E-state index < -0.39 is 0 Å². The first-order valence-electron chi connectivity index (χ1n) is 11.8. The molecule has 170 valence electrons. The van der Waals surface area contributed by atoms with Crippen LogP contribution in [0, 0.1) is 5.92 Å². The molecular formula is C28H31N3O2. The maximum atomic E-state index is 13.4. The Balaban J connectivity index is 1.35. The number of nitrogens with zero attached hydrogens (tertiary/aromatic N) is 2. The van der Waals surface area contributed by atoms with Gasteiger partial charge in [-0.15, -0.1) is 0 Å². The van der Waals surface area contributed by atoms with Crippen LogP contribution in [0.25, 0.3) is 0 Å². The van der Waals surface area contributed by atoms with Gasteiger partial charge in [0.25, 0.3) is 0 Å². The van der Waals surface area contributed by atoms with Crippen LogP contribution in [-0.2, 0) is 17.6 Å². The highest BCUT2D eigenvalue weighted by Gasteiger charge is 2.41. The van der Waals surface area contributed by atoms with Crippen molar-refractivity contribution >= 4 is 17.3 Å². The quantitative estimate of drug-likeness (QED) is 0.630. The smallest absolute Gasteiger partial charge is 0.225 e. The molecule has 1 fully saturated rings. The van der Waals surface area contributed by atoms with Crippen LogP contribution >= 0.6 is 0 Å². The molecule has 1 saturated heterocycles. The number of para-hydroxylation sites is 1. The first-order chi connectivity index (χ1) is 16.2. The maximum absolute atomic E-state index is 13.4. The molecule has 1 amide bonds. The van der Waals surface area contributed by atoms with E-state index in [1.54, 1.807) is 7.11 Å². The molecule has 2 aliphatic rings. The van der Waals surface area contributed by atoms with E-state index in [1.807, 2.05) is 30.3 Å². The van der Waals surface area contributed by atoms with E-state index in [4.69, 9.17) is 4.74 Å². The summed E-state index contributed by atoms with van der Waals surface area (Å²) in [6, 6.07) is 27.2. The van der Waals surface area contributed by atoms with Gasteiger partial charge in [-0.05, 0) is 42.2 Å². The molecule has 0 aromatic heterocycles. The molecule has 3 aromatic carbocycles. The van der Waals surface area contributed by atoms with Crippen molar-refractivity contribution in [3.8, 4) is 5.75 Å². The van der Waals surface area contributed by atoms with Gasteiger partial charge >= 0.3 is 0 Å². The topological polar surface area (TPSA) is 44.8 Å². The van der Waals surface area contributed by atoms with E-state index in [0.717, 1.165) is 43.9 Å². The van der Waals surface area contributed by atoms with Crippen LogP contribution in [0.15, 0.2) is 78.9 Å². The van der Waals surface area contributed by atoms with Crippen LogP contribution in [-0.4, -0.2) is 45.2 Å². The summed E-state index contributed by atoms with van der Waals surface area (Å²) in [5.74, 6) is 0.936. The fraction of sp³-hybridized carbons (Fsp3) is 0.321. The highest BCUT2D eigenvalue weighted by atomic mass is 16.5. The summed E-state index contributed by atoms with van der Waals surface area (Å²) < 4.78 is 5.44. The number of hydrogen-bond donors (Lipinski definition) is 1. The number of fused-ring (bicyclic) bond motifs is 3. The van der Waals surface area contributed by atoms with Crippen molar-refractivity contribution in [1.29, 1.82) is 0 Å². The molecule has 0 spiro atoms. The summed E-state index contributed by atoms with van der Waals surface area (Å²) in [6.07, 6.45) is 1.63. The third-order valence-corrected chi connectivity index (χ3v) is 6.93. The minimum Gasteiger partial charge on any atom is -0.497 e. The van der Waals surface area contributed by atoms with Gasteiger partial charge in [0.2, 0.25) is 5.91 Å². The first kappa shape index (κ1) is 21.4. The van der Waals surface area contributed by atoms with Gasteiger partial charge in [-0.2, -0.15) is 0 Å². The Kier molecular flexibility index (Phi) is 6.20. The zero-order valence-corrected chi connectivity index (χ0v) is 19.1. The van der Waals surface area contributed by atoms with Crippen molar-refractivity contribution < 1.29 is 9.53 Å². The van der Waals surface area contributed by atoms with Crippen molar-refractivity contribution in [2.45, 2.75) is 18.9 Å². The third kappa shape index (κ3) is 4.54. The lowest BCUT2D eigenvalue weighted by Crippen LogP contribution is -2.61. The lowest BCUT2D eigenvalue weighted by atomic mass is 9.83. The van der Waals surface area contributed by atoms with Crippen LogP contribution in [0.1, 0.15) is 11.1 Å². The molecule has 2 heterocycles. The standard InChI is InChI=1S/C28H31N3O2/c1-33-24-12-7-11-23(19-24)30-16-17-31-26-13-6-5-10-22(26)18-25(27(31)20-30)28(32)29-15-14-21-8-3-2-4-9-21/h2-13,19,25,27H,14-18,20H2,1H3,(H,29,32)/t25-,27+/m0/s1. The molecule has 1 N–H and O–H groups in total. The molecule has 2 atom stereocenters. The lowest BCUT2D eigenvalue weighted by Gasteiger charge is -2.49. The first-order valence-corrected chi connectivity index (χ1v) is 11.8. The summed E-state index contributed by atoms with van der Waals surface area (Å²) in [4.78, 5) is 18.3. The molecule has 3 aromatic rings. The summed E-state index contributed by atoms with van der Waals surface area (Å²) in [7, 11) is 1.70. The van der Waals surface area contributed by atoms with E-state index in [2.05, 4.69) is 63.6 Å². The van der Waals surface area contributed by atoms with Gasteiger partial charge in [0.05, 0.1) is 19.1 Å². The zero-order valence-electron chi connectivity index (χ0n) is 19.1. The van der Waals surface area contributed by atoms with Crippen LogP contribution in [0.3, 0.4) is 0 Å². The second kappa shape index (κ2) is 9.57. The number of hydrogen-bond acceptors (Lipinski definition) is 4. The predicted octanol–water partition coefficient (Wildman–Crippen LogP) is 3.92. The second-order valence-electron chi connectivity index (χ2n) is 8.87. The van der Waals surface area contributed by atoms with Crippen molar-refractivity contribution in [1.82, 2.24) is 5.32 Å². The highest BCUT2D eigenvalue weighted by molar-refractivity contribution is 5.82. The van der Waals surface area contributed by atoms with Crippen molar-refractivity contribution in [2.75, 3.05) is 43.1 Å². The van der Waals surface area contributed by atoms with Gasteiger partial charge < -0.3 is 19.9 Å². The largest absolute Gasteiger partial charge is 0.497 e. The number of piperazine rings is 1. The fourth-order valence-electron chi connectivity index (χ4n) is 5.20. The number of benzene rings is 3. The van der Waals surface area contributed by atoms with Crippen LogP contribution in [0.4, 0.5) is 11.4 Å². The van der Waals surface area contributed by atoms with Crippen molar-refractivity contribution in [2.24, 2.45) is 5.92 Å². The van der Waals surface area contributed by atoms with E-state index in [-0.39, 0.29) is 17.9 Å². The Morgan fingerprint density at radius 2 is 1.82 bits per heavy atom. The SMILES string of the molecule is COc1cccc(N2CCN3c4ccccc4C[C@H](C(=O)NCCc4ccccc4)[C@H]3C2)c1. The molecule has 0 aliphatic carbocycles. The van der Waals surface area contributed by atoms with E-state index >= 15 is 0 Å². The molecule has 5 rings (SSSR count). The molecule has 0 unspecified atom stereocenters. The Morgan fingerprint density at radius 3 is 2.67 bits per heavy atom. The fourth-order valence-corrected chi connectivity index (χ4v) is 5.20. The Bertz CT molecular complexity index is 1100. The Hall–Kier alpha value is -3.47. The minimum atomic E-state index is -0.0796. The van der Waals surface area contributed by atoms with Crippen LogP contribution < -0.4 is 19.9 Å². The second-order valence-corrected chi connectivity index (χ2v) is 8.87. The number of nitrogens with one attached hydrogen (secondary N) is 1. The van der Waals surface area contributed by atoms with Gasteiger partial charge in [-0.25, -0.2) is 0 Å². The predicted molar refractivity (Wildman–Crippen MR) is 133 cm³/mol. The minimum absolute atomic E-state index is 0.0796. The number of carbonyl (C=O) groups excluding carboxylic acids is 1. The van der Waals surface area contributed by atoms with Crippen molar-refractivity contribution in [3.63, 3.8) is 0 Å². The Labute approximate surface area is 196 Å². The van der Waals surface area contributed by atoms with Crippen LogP contribution in [0.5, 0.6) is 5.75 Å². The highest BCUT2D eigenvalue weighted by Crippen LogP contribution is 2.37. The number of ether oxygens (including phenoxy) is 1. The molecular weight excluding hydrogens is 410 g/mol. The summed E-state index contributed by atoms with van der Waals surface area (Å²) >= 11 is 0. The van der Waals surface area contributed by atoms with Gasteiger partial charge in [-0.1, -0.05) is 54.6 Å². The van der Waals surface area contributed by atoms with E-state index in [1.165, 1.54) is 16.8 Å². The summed E-state index contributed by atoms with van der Waals surface area (Å²) in [5, 5.41) is 3.23. The monoisotopic (exact) mass is 441 g/mol. The third-order valence-electron chi connectivity index (χ3n) is 6.93. The Morgan fingerprint density at radius 1 is 1.00 bits per heavy atom. The molecule has 0 radical (unpaired) electrons. The molecule has 5 nitrogen and oxygen atoms in total. The number of anilines is 2. The molecule has 0 saturated carbocycles. The number of amides is 1. The number of methoxy groups -OCH3 is 1. The van der Waals surface area contributed by atoms with Gasteiger partial charge in [0.1, 0.15) is 5.75 Å². The maximum Gasteiger partial charge on any atom is 0.225 e. The van der Waals surface area contributed by atoms with E-state index in [9.17, 15) is 4.79 Å². The van der Waals surface area contributed by atoms with Gasteiger partial charge in [0.15, 0.2) is 0 Å². The molecule has 0 bridgehead atoms. The average Bonchev–Trinajstić information content (AvgIpc) is 2.88. The normalized spacial score (nSPS) is 19.4. The summed E-state index contributed by atoms with van der Waals surface area (Å²) in [5.41, 5.74) is 4.94. The number of carbonyl (C=O) groups is 1. The molecule has 5 heteroatoms. The average molecular weight is 442 g/mol. The molecule has 33 heavy (non-hydrogen) atoms. The number of rotatable bonds is 6. The van der Waals surface area contributed by atoms with Gasteiger partial charge in [0, 0.05) is 43.6 Å². The van der Waals surface area contributed by atoms with Gasteiger partial charge in [-0.3, -0.25) is 4.79 Å². The molecule has 2 aliphatic heterocycles. The summed E-state index contributed by atoms with van der Waals surface area (Å²) in [6.45, 7) is 3.29. The zero-order chi connectivity index (χ0) is 22.6. The van der Waals surface area contributed by atoms with E-state index in [0.29, 0.717) is 6.54 Å². The van der Waals surface area contributed by atoms with Crippen LogP contribution in [0.2, 0.25) is 0 Å².